The first-order valence-electron chi connectivity index (χ1n) is 5.65. The van der Waals surface area contributed by atoms with Gasteiger partial charge in [0.05, 0.1) is 11.6 Å². The first-order chi connectivity index (χ1) is 8.34. The summed E-state index contributed by atoms with van der Waals surface area (Å²) in [6, 6.07) is 1.92. The molecule has 2 rings (SSSR count). The van der Waals surface area contributed by atoms with Crippen LogP contribution in [0, 0.1) is 34.8 Å². The zero-order valence-electron chi connectivity index (χ0n) is 10.4. The minimum Gasteiger partial charge on any atom is -0.336 e. The Morgan fingerprint density at radius 1 is 1.05 bits per heavy atom. The third kappa shape index (κ3) is 2.89. The smallest absolute Gasteiger partial charge is 0.114 e. The van der Waals surface area contributed by atoms with E-state index in [1.807, 2.05) is 6.07 Å². The molecule has 0 unspecified atom stereocenters. The van der Waals surface area contributed by atoms with Crippen molar-refractivity contribution in [2.45, 2.75) is 26.7 Å². The van der Waals surface area contributed by atoms with Gasteiger partial charge in [0.2, 0.25) is 0 Å². The second kappa shape index (κ2) is 5.71. The molecule has 0 saturated carbocycles. The predicted octanol–water partition coefficient (Wildman–Crippen LogP) is 3.65. The van der Waals surface area contributed by atoms with Crippen molar-refractivity contribution in [1.82, 2.24) is 0 Å². The monoisotopic (exact) mass is 451 g/mol. The number of halogens is 4. The minimum absolute atomic E-state index is 0. The topological polar surface area (TPSA) is 12.4 Å². The van der Waals surface area contributed by atoms with Crippen molar-refractivity contribution in [3.63, 3.8) is 0 Å². The van der Waals surface area contributed by atoms with Crippen LogP contribution in [0.4, 0.5) is 17.6 Å². The number of benzene rings is 1. The summed E-state index contributed by atoms with van der Waals surface area (Å²) in [5.41, 5.74) is -0.674. The van der Waals surface area contributed by atoms with E-state index >= 15 is 0 Å². The van der Waals surface area contributed by atoms with Gasteiger partial charge in [-0.05, 0) is 24.0 Å². The number of hydrogen-bond acceptors (Lipinski definition) is 1. The molecule has 0 amide bonds. The van der Waals surface area contributed by atoms with Gasteiger partial charge in [-0.25, -0.2) is 8.78 Å². The molecule has 19 heavy (non-hydrogen) atoms. The van der Waals surface area contributed by atoms with Gasteiger partial charge >= 0.3 is 0 Å². The van der Waals surface area contributed by atoms with Crippen LogP contribution in [-0.2, 0) is 20.1 Å². The number of aliphatic imine (C=N–C) groups is 1. The zero-order chi connectivity index (χ0) is 13.5. The Hall–Kier alpha value is -0.741. The van der Waals surface area contributed by atoms with Gasteiger partial charge in [0.1, 0.15) is 11.6 Å². The zero-order valence-corrected chi connectivity index (χ0v) is 12.8. The largest absolute Gasteiger partial charge is 0.336 e. The van der Waals surface area contributed by atoms with E-state index in [1.165, 1.54) is 0 Å². The minimum atomic E-state index is -1.84. The van der Waals surface area contributed by atoms with Crippen LogP contribution < -0.4 is 0 Å². The summed E-state index contributed by atoms with van der Waals surface area (Å²) in [6.45, 7) is 4.07. The molecule has 0 N–H and O–H groups in total. The molecule has 0 aliphatic carbocycles. The van der Waals surface area contributed by atoms with Crippen LogP contribution >= 0.6 is 0 Å². The molecule has 1 nitrogen and oxygen atoms in total. The van der Waals surface area contributed by atoms with Crippen LogP contribution in [0.2, 0.25) is 0 Å². The Kier molecular flexibility index (Phi) is 4.91. The van der Waals surface area contributed by atoms with Gasteiger partial charge in [-0.2, -0.15) is 0 Å². The molecule has 0 fully saturated rings. The van der Waals surface area contributed by atoms with Gasteiger partial charge < -0.3 is 4.99 Å². The Labute approximate surface area is 122 Å². The van der Waals surface area contributed by atoms with Gasteiger partial charge in [-0.1, -0.05) is 25.5 Å². The van der Waals surface area contributed by atoms with Crippen molar-refractivity contribution < 1.29 is 37.7 Å². The average Bonchev–Trinajstić information content (AvgIpc) is 2.31. The maximum Gasteiger partial charge on any atom is 0.114 e. The van der Waals surface area contributed by atoms with E-state index in [0.29, 0.717) is 6.54 Å². The molecule has 1 aliphatic heterocycles. The Morgan fingerprint density at radius 2 is 1.68 bits per heavy atom. The first-order valence-corrected chi connectivity index (χ1v) is 5.65. The van der Waals surface area contributed by atoms with Crippen LogP contribution in [0.1, 0.15) is 32.3 Å². The van der Waals surface area contributed by atoms with E-state index in [9.17, 15) is 17.6 Å². The molecule has 6 heteroatoms. The van der Waals surface area contributed by atoms with Crippen molar-refractivity contribution in [2.24, 2.45) is 10.4 Å². The fraction of sp³-hybridized carbons (Fsp3) is 0.462. The summed E-state index contributed by atoms with van der Waals surface area (Å²) >= 11 is 0. The van der Waals surface area contributed by atoms with Gasteiger partial charge in [-0.3, -0.25) is 8.78 Å². The number of nitrogens with zero attached hydrogens (tertiary/aromatic N) is 1. The Morgan fingerprint density at radius 3 is 2.26 bits per heavy atom. The Bertz CT molecular complexity index is 526. The van der Waals surface area contributed by atoms with Crippen molar-refractivity contribution in [3.05, 3.63) is 34.9 Å². The molecule has 0 aromatic heterocycles. The molecule has 0 spiro atoms. The molecule has 1 aromatic carbocycles. The fourth-order valence-electron chi connectivity index (χ4n) is 2.15. The van der Waals surface area contributed by atoms with Gasteiger partial charge in [0.15, 0.2) is 0 Å². The summed E-state index contributed by atoms with van der Waals surface area (Å²) in [6.07, 6.45) is 1.55. The molecule has 1 aromatic rings. The van der Waals surface area contributed by atoms with Gasteiger partial charge in [0, 0.05) is 26.7 Å². The van der Waals surface area contributed by atoms with Crippen molar-refractivity contribution in [3.8, 4) is 0 Å². The van der Waals surface area contributed by atoms with E-state index in [1.54, 1.807) is 13.8 Å². The molecule has 0 atom stereocenters. The second-order valence-corrected chi connectivity index (χ2v) is 4.97. The molecule has 1 heterocycles. The van der Waals surface area contributed by atoms with E-state index in [2.05, 4.69) is 4.99 Å². The predicted molar refractivity (Wildman–Crippen MR) is 59.5 cm³/mol. The molecule has 107 valence electrons. The molecular weight excluding hydrogens is 438 g/mol. The van der Waals surface area contributed by atoms with E-state index in [4.69, 9.17) is 0 Å². The maximum absolute atomic E-state index is 13.7. The van der Waals surface area contributed by atoms with Crippen LogP contribution in [0.5, 0.6) is 0 Å². The number of hydrogen-bond donors (Lipinski definition) is 0. The fourth-order valence-corrected chi connectivity index (χ4v) is 2.15. The van der Waals surface area contributed by atoms with Crippen LogP contribution in [-0.4, -0.2) is 12.3 Å². The summed E-state index contributed by atoms with van der Waals surface area (Å²) < 4.78 is 52.9. The summed E-state index contributed by atoms with van der Waals surface area (Å²) in [5, 5.41) is 0. The standard InChI is InChI=1S/C13H12F4N.Ir/c1-13(2)4-3-5-18-12(13)7-6-8(14)10(16)11(17)9(7)15;/h3-5H2,1-2H3;/q-1;. The van der Waals surface area contributed by atoms with Crippen LogP contribution in [0.3, 0.4) is 0 Å². The second-order valence-electron chi connectivity index (χ2n) is 4.97. The van der Waals surface area contributed by atoms with Gasteiger partial charge in [-0.15, -0.1) is 0 Å². The van der Waals surface area contributed by atoms with E-state index in [0.717, 1.165) is 12.8 Å². The van der Waals surface area contributed by atoms with E-state index in [-0.39, 0.29) is 25.8 Å². The SMILES string of the molecule is CC1(C)CCCN=C1c1[c-]c(F)c(F)c(F)c1F.[Ir]. The molecular formula is C13H12F4IrN-. The molecule has 0 saturated heterocycles. The maximum atomic E-state index is 13.7. The normalized spacial score (nSPS) is 17.7. The third-order valence-electron chi connectivity index (χ3n) is 3.14. The van der Waals surface area contributed by atoms with Crippen LogP contribution in [0.15, 0.2) is 4.99 Å². The summed E-state index contributed by atoms with van der Waals surface area (Å²) in [5.74, 6) is -6.61. The molecule has 1 aliphatic rings. The van der Waals surface area contributed by atoms with E-state index < -0.39 is 34.2 Å². The Balaban J connectivity index is 0.00000180. The average molecular weight is 450 g/mol. The van der Waals surface area contributed by atoms with Crippen LogP contribution in [0.25, 0.3) is 0 Å². The molecule has 0 bridgehead atoms. The summed E-state index contributed by atoms with van der Waals surface area (Å²) in [4.78, 5) is 4.11. The van der Waals surface area contributed by atoms with Crippen molar-refractivity contribution in [2.75, 3.05) is 6.54 Å². The quantitative estimate of drug-likeness (QED) is 0.268. The molecule has 1 radical (unpaired) electrons. The third-order valence-corrected chi connectivity index (χ3v) is 3.14. The van der Waals surface area contributed by atoms with Gasteiger partial charge in [0.25, 0.3) is 0 Å². The summed E-state index contributed by atoms with van der Waals surface area (Å²) in [7, 11) is 0. The first kappa shape index (κ1) is 16.3. The number of rotatable bonds is 1. The van der Waals surface area contributed by atoms with Crippen molar-refractivity contribution >= 4 is 5.71 Å². The van der Waals surface area contributed by atoms with Crippen molar-refractivity contribution in [1.29, 1.82) is 0 Å².